The Morgan fingerprint density at radius 2 is 1.60 bits per heavy atom. The van der Waals surface area contributed by atoms with Crippen molar-refractivity contribution in [2.75, 3.05) is 5.43 Å². The summed E-state index contributed by atoms with van der Waals surface area (Å²) in [6, 6.07) is 9.24. The van der Waals surface area contributed by atoms with Crippen LogP contribution in [0.15, 0.2) is 29.4 Å². The fraction of sp³-hybridized carbons (Fsp3) is 0.720. The maximum absolute atomic E-state index is 9.77. The van der Waals surface area contributed by atoms with E-state index in [-0.39, 0.29) is 24.6 Å². The molecule has 2 rings (SSSR count). The quantitative estimate of drug-likeness (QED) is 0.185. The molecule has 4 nitrogen and oxygen atoms in total. The number of hydrogen-bond donors (Lipinski definition) is 3. The average Bonchev–Trinajstić information content (AvgIpc) is 2.71. The van der Waals surface area contributed by atoms with Crippen LogP contribution in [-0.2, 0) is 0 Å². The molecule has 1 aliphatic heterocycles. The van der Waals surface area contributed by atoms with Crippen LogP contribution in [0.1, 0.15) is 96.5 Å². The van der Waals surface area contributed by atoms with Gasteiger partial charge in [0.1, 0.15) is 0 Å². The van der Waals surface area contributed by atoms with Gasteiger partial charge in [0.25, 0.3) is 0 Å². The largest absolute Gasteiger partial charge is 0.392 e. The van der Waals surface area contributed by atoms with Crippen LogP contribution in [0.4, 0.5) is 5.69 Å². The van der Waals surface area contributed by atoms with Crippen molar-refractivity contribution >= 4 is 23.8 Å². The number of rotatable bonds is 13. The summed E-state index contributed by atoms with van der Waals surface area (Å²) >= 11 is 0. The van der Waals surface area contributed by atoms with Crippen molar-refractivity contribution in [2.45, 2.75) is 116 Å². The van der Waals surface area contributed by atoms with Crippen LogP contribution in [0.3, 0.4) is 0 Å². The molecule has 1 fully saturated rings. The third-order valence-electron chi connectivity index (χ3n) is 6.16. The minimum absolute atomic E-state index is 0. The third kappa shape index (κ3) is 11.3. The highest BCUT2D eigenvalue weighted by Gasteiger charge is 2.24. The van der Waals surface area contributed by atoms with Crippen molar-refractivity contribution in [1.29, 1.82) is 0 Å². The summed E-state index contributed by atoms with van der Waals surface area (Å²) in [5.74, 6) is 0. The lowest BCUT2D eigenvalue weighted by Crippen LogP contribution is -2.48. The van der Waals surface area contributed by atoms with Crippen LogP contribution >= 0.6 is 12.4 Å². The molecule has 1 heterocycles. The fourth-order valence-electron chi connectivity index (χ4n) is 4.09. The van der Waals surface area contributed by atoms with Crippen molar-refractivity contribution < 1.29 is 5.11 Å². The minimum atomic E-state index is -0.147. The number of aliphatic hydroxyl groups excluding tert-OH is 1. The Balaban J connectivity index is 0.00000450. The maximum Gasteiger partial charge on any atom is 0.0691 e. The summed E-state index contributed by atoms with van der Waals surface area (Å²) in [5.41, 5.74) is 6.66. The van der Waals surface area contributed by atoms with Gasteiger partial charge in [-0.3, -0.25) is 5.43 Å². The minimum Gasteiger partial charge on any atom is -0.392 e. The lowest BCUT2D eigenvalue weighted by atomic mass is 9.93. The highest BCUT2D eigenvalue weighted by Crippen LogP contribution is 2.18. The van der Waals surface area contributed by atoms with Crippen LogP contribution in [0, 0.1) is 6.92 Å². The summed E-state index contributed by atoms with van der Waals surface area (Å²) in [6.45, 7) is 6.31. The van der Waals surface area contributed by atoms with E-state index in [1.165, 1.54) is 69.1 Å². The molecule has 0 aliphatic carbocycles. The van der Waals surface area contributed by atoms with E-state index in [1.54, 1.807) is 0 Å². The second-order valence-electron chi connectivity index (χ2n) is 8.99. The van der Waals surface area contributed by atoms with Gasteiger partial charge in [0.2, 0.25) is 0 Å². The Labute approximate surface area is 190 Å². The standard InChI is InChI=1S/C25H43N3O.ClH/c1-20-14-16-24(17-15-20)28-27-21(2)12-10-8-6-4-5-7-9-11-13-23-18-19-25(29)22(3)26-23;/h14-17,22-23,25-26,28-29H,4-13,18-19H2,1-3H3;1H/b27-21-;/t22-,23+,25-;/m1./s1. The molecule has 0 bridgehead atoms. The predicted octanol–water partition coefficient (Wildman–Crippen LogP) is 6.61. The number of nitrogens with zero attached hydrogens (tertiary/aromatic N) is 1. The van der Waals surface area contributed by atoms with Crippen LogP contribution in [0.5, 0.6) is 0 Å². The summed E-state index contributed by atoms with van der Waals surface area (Å²) in [5, 5.41) is 17.8. The number of aliphatic hydroxyl groups is 1. The summed E-state index contributed by atoms with van der Waals surface area (Å²) in [6.07, 6.45) is 15.0. The van der Waals surface area contributed by atoms with E-state index < -0.39 is 0 Å². The molecular formula is C25H44ClN3O. The molecule has 3 N–H and O–H groups in total. The van der Waals surface area contributed by atoms with Crippen LogP contribution in [0.2, 0.25) is 0 Å². The lowest BCUT2D eigenvalue weighted by Gasteiger charge is -2.32. The van der Waals surface area contributed by atoms with E-state index in [9.17, 15) is 5.11 Å². The Kier molecular flexibility index (Phi) is 14.1. The Hall–Kier alpha value is -1.10. The molecular weight excluding hydrogens is 394 g/mol. The zero-order chi connectivity index (χ0) is 20.9. The van der Waals surface area contributed by atoms with Crippen molar-refractivity contribution in [3.63, 3.8) is 0 Å². The molecule has 3 atom stereocenters. The molecule has 0 aromatic heterocycles. The molecule has 5 heteroatoms. The van der Waals surface area contributed by atoms with E-state index in [1.807, 2.05) is 0 Å². The van der Waals surface area contributed by atoms with Crippen LogP contribution < -0.4 is 10.7 Å². The number of benzene rings is 1. The van der Waals surface area contributed by atoms with Gasteiger partial charge >= 0.3 is 0 Å². The molecule has 172 valence electrons. The summed E-state index contributed by atoms with van der Waals surface area (Å²) in [7, 11) is 0. The van der Waals surface area contributed by atoms with E-state index in [0.717, 1.165) is 24.9 Å². The number of aryl methyl sites for hydroxylation is 1. The molecule has 1 aromatic carbocycles. The monoisotopic (exact) mass is 437 g/mol. The van der Waals surface area contributed by atoms with Crippen LogP contribution in [0.25, 0.3) is 0 Å². The first-order valence-electron chi connectivity index (χ1n) is 11.8. The van der Waals surface area contributed by atoms with E-state index in [0.29, 0.717) is 6.04 Å². The van der Waals surface area contributed by atoms with Crippen LogP contribution in [-0.4, -0.2) is 29.0 Å². The van der Waals surface area contributed by atoms with E-state index in [2.05, 4.69) is 60.9 Å². The SMILES string of the molecule is C/C(CCCCCCCCCC[C@H]1CC[C@@H](O)[C@@H](C)N1)=N/Nc1ccc(C)cc1.Cl. The fourth-order valence-corrected chi connectivity index (χ4v) is 4.09. The van der Waals surface area contributed by atoms with Crippen molar-refractivity contribution in [3.8, 4) is 0 Å². The molecule has 0 amide bonds. The highest BCUT2D eigenvalue weighted by molar-refractivity contribution is 5.85. The van der Waals surface area contributed by atoms with E-state index in [4.69, 9.17) is 0 Å². The average molecular weight is 438 g/mol. The zero-order valence-electron chi connectivity index (χ0n) is 19.3. The first-order valence-corrected chi connectivity index (χ1v) is 11.8. The first-order chi connectivity index (χ1) is 14.0. The second-order valence-corrected chi connectivity index (χ2v) is 8.99. The normalized spacial score (nSPS) is 21.9. The van der Waals surface area contributed by atoms with Crippen molar-refractivity contribution in [3.05, 3.63) is 29.8 Å². The van der Waals surface area contributed by atoms with Crippen molar-refractivity contribution in [1.82, 2.24) is 5.32 Å². The van der Waals surface area contributed by atoms with Gasteiger partial charge in [-0.1, -0.05) is 62.6 Å². The number of anilines is 1. The Morgan fingerprint density at radius 1 is 1.00 bits per heavy atom. The molecule has 1 saturated heterocycles. The number of nitrogens with one attached hydrogen (secondary N) is 2. The first kappa shape index (κ1) is 26.9. The van der Waals surface area contributed by atoms with Gasteiger partial charge < -0.3 is 10.4 Å². The predicted molar refractivity (Wildman–Crippen MR) is 133 cm³/mol. The highest BCUT2D eigenvalue weighted by atomic mass is 35.5. The smallest absolute Gasteiger partial charge is 0.0691 e. The third-order valence-corrected chi connectivity index (χ3v) is 6.16. The summed E-state index contributed by atoms with van der Waals surface area (Å²) in [4.78, 5) is 0. The number of halogens is 1. The molecule has 0 radical (unpaired) electrons. The lowest BCUT2D eigenvalue weighted by molar-refractivity contribution is 0.0849. The van der Waals surface area contributed by atoms with Gasteiger partial charge in [0.15, 0.2) is 0 Å². The molecule has 0 spiro atoms. The molecule has 0 unspecified atom stereocenters. The molecule has 1 aliphatic rings. The Bertz CT molecular complexity index is 591. The van der Waals surface area contributed by atoms with Crippen molar-refractivity contribution in [2.24, 2.45) is 5.10 Å². The van der Waals surface area contributed by atoms with Gasteiger partial charge in [0.05, 0.1) is 11.8 Å². The Morgan fingerprint density at radius 3 is 2.23 bits per heavy atom. The molecule has 1 aromatic rings. The van der Waals surface area contributed by atoms with E-state index >= 15 is 0 Å². The number of unbranched alkanes of at least 4 members (excludes halogenated alkanes) is 7. The van der Waals surface area contributed by atoms with Gasteiger partial charge in [0, 0.05) is 17.8 Å². The number of piperidine rings is 1. The molecule has 30 heavy (non-hydrogen) atoms. The molecule has 0 saturated carbocycles. The summed E-state index contributed by atoms with van der Waals surface area (Å²) < 4.78 is 0. The maximum atomic E-state index is 9.77. The zero-order valence-corrected chi connectivity index (χ0v) is 20.1. The van der Waals surface area contributed by atoms with Gasteiger partial charge in [-0.05, 0) is 65.0 Å². The second kappa shape index (κ2) is 15.7. The number of hydrogen-bond acceptors (Lipinski definition) is 4. The number of hydrazone groups is 1. The van der Waals surface area contributed by atoms with Gasteiger partial charge in [-0.2, -0.15) is 5.10 Å². The van der Waals surface area contributed by atoms with Gasteiger partial charge in [-0.15, -0.1) is 12.4 Å². The topological polar surface area (TPSA) is 56.6 Å². The van der Waals surface area contributed by atoms with Gasteiger partial charge in [-0.25, -0.2) is 0 Å².